The zero-order chi connectivity index (χ0) is 14.5. The Balaban J connectivity index is 2.05. The third-order valence-corrected chi connectivity index (χ3v) is 3.05. The summed E-state index contributed by atoms with van der Waals surface area (Å²) < 4.78 is 1.90. The third kappa shape index (κ3) is 3.34. The van der Waals surface area contributed by atoms with Gasteiger partial charge < -0.3 is 5.32 Å². The molecule has 1 N–H and O–H groups in total. The second-order valence-corrected chi connectivity index (χ2v) is 4.72. The van der Waals surface area contributed by atoms with Crippen molar-refractivity contribution < 1.29 is 4.92 Å². The van der Waals surface area contributed by atoms with Crippen molar-refractivity contribution in [3.8, 4) is 0 Å². The van der Waals surface area contributed by atoms with Crippen LogP contribution in [0.5, 0.6) is 0 Å². The second kappa shape index (κ2) is 6.18. The van der Waals surface area contributed by atoms with Gasteiger partial charge in [-0.2, -0.15) is 5.10 Å². The Morgan fingerprint density at radius 1 is 1.45 bits per heavy atom. The Hall–Kier alpha value is -2.37. The fourth-order valence-electron chi connectivity index (χ4n) is 1.96. The molecule has 0 radical (unpaired) electrons. The number of benzene rings is 1. The lowest BCUT2D eigenvalue weighted by atomic mass is 10.1. The number of hydrogen-bond acceptors (Lipinski definition) is 4. The summed E-state index contributed by atoms with van der Waals surface area (Å²) in [5.41, 5.74) is 2.92. The van der Waals surface area contributed by atoms with E-state index in [1.165, 1.54) is 6.07 Å². The summed E-state index contributed by atoms with van der Waals surface area (Å²) in [7, 11) is 0. The summed E-state index contributed by atoms with van der Waals surface area (Å²) in [6.45, 7) is 5.53. The maximum Gasteiger partial charge on any atom is 0.271 e. The maximum absolute atomic E-state index is 10.8. The van der Waals surface area contributed by atoms with Gasteiger partial charge in [-0.3, -0.25) is 14.8 Å². The zero-order valence-corrected chi connectivity index (χ0v) is 11.7. The minimum absolute atomic E-state index is 0.0970. The van der Waals surface area contributed by atoms with Crippen LogP contribution in [0.2, 0.25) is 0 Å². The first-order valence-corrected chi connectivity index (χ1v) is 6.60. The summed E-state index contributed by atoms with van der Waals surface area (Å²) in [5, 5.41) is 18.3. The van der Waals surface area contributed by atoms with Crippen molar-refractivity contribution in [2.75, 3.05) is 5.32 Å². The second-order valence-electron chi connectivity index (χ2n) is 4.72. The van der Waals surface area contributed by atoms with Gasteiger partial charge in [-0.25, -0.2) is 0 Å². The molecule has 2 aromatic rings. The monoisotopic (exact) mass is 274 g/mol. The molecule has 0 aliphatic carbocycles. The van der Waals surface area contributed by atoms with Crippen LogP contribution in [0.4, 0.5) is 11.4 Å². The van der Waals surface area contributed by atoms with Gasteiger partial charge in [0.1, 0.15) is 0 Å². The number of hydrogen-bond donors (Lipinski definition) is 1. The highest BCUT2D eigenvalue weighted by atomic mass is 16.6. The summed E-state index contributed by atoms with van der Waals surface area (Å²) in [4.78, 5) is 10.4. The Kier molecular flexibility index (Phi) is 4.34. The Morgan fingerprint density at radius 3 is 2.95 bits per heavy atom. The van der Waals surface area contributed by atoms with Crippen molar-refractivity contribution in [2.45, 2.75) is 33.4 Å². The lowest BCUT2D eigenvalue weighted by Crippen LogP contribution is -2.01. The summed E-state index contributed by atoms with van der Waals surface area (Å²) in [6.07, 6.45) is 4.84. The van der Waals surface area contributed by atoms with Crippen LogP contribution in [0.1, 0.15) is 24.5 Å². The number of nitro groups is 1. The quantitative estimate of drug-likeness (QED) is 0.648. The first-order valence-electron chi connectivity index (χ1n) is 6.60. The average Bonchev–Trinajstić information content (AvgIpc) is 2.86. The number of rotatable bonds is 6. The zero-order valence-electron chi connectivity index (χ0n) is 11.7. The molecule has 0 atom stereocenters. The molecule has 1 aromatic carbocycles. The van der Waals surface area contributed by atoms with Crippen LogP contribution in [0, 0.1) is 17.0 Å². The van der Waals surface area contributed by atoms with Crippen molar-refractivity contribution in [1.29, 1.82) is 0 Å². The lowest BCUT2D eigenvalue weighted by molar-refractivity contribution is -0.384. The molecule has 6 nitrogen and oxygen atoms in total. The van der Waals surface area contributed by atoms with Crippen LogP contribution in [-0.2, 0) is 13.1 Å². The Bertz CT molecular complexity index is 607. The van der Waals surface area contributed by atoms with E-state index in [9.17, 15) is 10.1 Å². The molecule has 0 aliphatic heterocycles. The highest BCUT2D eigenvalue weighted by molar-refractivity contribution is 5.56. The fraction of sp³-hybridized carbons (Fsp3) is 0.357. The predicted molar refractivity (Wildman–Crippen MR) is 77.7 cm³/mol. The molecular weight excluding hydrogens is 256 g/mol. The summed E-state index contributed by atoms with van der Waals surface area (Å²) in [6, 6.07) is 4.83. The van der Waals surface area contributed by atoms with E-state index in [4.69, 9.17) is 0 Å². The van der Waals surface area contributed by atoms with E-state index in [2.05, 4.69) is 17.3 Å². The Labute approximate surface area is 117 Å². The van der Waals surface area contributed by atoms with E-state index in [-0.39, 0.29) is 10.6 Å². The van der Waals surface area contributed by atoms with Crippen molar-refractivity contribution in [3.63, 3.8) is 0 Å². The van der Waals surface area contributed by atoms with Gasteiger partial charge in [-0.1, -0.05) is 13.0 Å². The van der Waals surface area contributed by atoms with Gasteiger partial charge in [-0.15, -0.1) is 0 Å². The van der Waals surface area contributed by atoms with Gasteiger partial charge in [0.15, 0.2) is 0 Å². The van der Waals surface area contributed by atoms with Crippen LogP contribution in [0.3, 0.4) is 0 Å². The van der Waals surface area contributed by atoms with Gasteiger partial charge >= 0.3 is 0 Å². The van der Waals surface area contributed by atoms with E-state index in [1.54, 1.807) is 12.1 Å². The number of aromatic nitrogens is 2. The topological polar surface area (TPSA) is 73.0 Å². The number of non-ortho nitro benzene ring substituents is 1. The number of nitro benzene ring substituents is 1. The third-order valence-electron chi connectivity index (χ3n) is 3.05. The molecule has 106 valence electrons. The highest BCUT2D eigenvalue weighted by Crippen LogP contribution is 2.22. The molecule has 6 heteroatoms. The van der Waals surface area contributed by atoms with Crippen molar-refractivity contribution in [2.24, 2.45) is 0 Å². The first kappa shape index (κ1) is 14.0. The predicted octanol–water partition coefficient (Wildman–Crippen LogP) is 3.12. The van der Waals surface area contributed by atoms with Gasteiger partial charge in [0.05, 0.1) is 11.1 Å². The first-order chi connectivity index (χ1) is 9.60. The van der Waals surface area contributed by atoms with Crippen LogP contribution >= 0.6 is 0 Å². The van der Waals surface area contributed by atoms with Crippen molar-refractivity contribution >= 4 is 11.4 Å². The van der Waals surface area contributed by atoms with Gasteiger partial charge in [0.2, 0.25) is 0 Å². The van der Waals surface area contributed by atoms with E-state index in [0.717, 1.165) is 29.8 Å². The van der Waals surface area contributed by atoms with Gasteiger partial charge in [0, 0.05) is 42.7 Å². The van der Waals surface area contributed by atoms with Crippen LogP contribution in [0.15, 0.2) is 30.6 Å². The number of aryl methyl sites for hydroxylation is 2. The van der Waals surface area contributed by atoms with Gasteiger partial charge in [-0.05, 0) is 18.9 Å². The van der Waals surface area contributed by atoms with E-state index in [0.29, 0.717) is 6.54 Å². The lowest BCUT2D eigenvalue weighted by Gasteiger charge is -2.08. The van der Waals surface area contributed by atoms with E-state index < -0.39 is 0 Å². The van der Waals surface area contributed by atoms with Crippen LogP contribution in [0.25, 0.3) is 0 Å². The molecule has 1 heterocycles. The molecule has 0 saturated carbocycles. The fourth-order valence-corrected chi connectivity index (χ4v) is 1.96. The minimum Gasteiger partial charge on any atom is -0.380 e. The smallest absolute Gasteiger partial charge is 0.271 e. The molecule has 0 fully saturated rings. The summed E-state index contributed by atoms with van der Waals surface area (Å²) in [5.74, 6) is 0. The highest BCUT2D eigenvalue weighted by Gasteiger charge is 2.08. The van der Waals surface area contributed by atoms with E-state index in [1.807, 2.05) is 24.0 Å². The van der Waals surface area contributed by atoms with Crippen LogP contribution < -0.4 is 5.32 Å². The molecule has 0 bridgehead atoms. The molecule has 2 rings (SSSR count). The molecule has 0 amide bonds. The maximum atomic E-state index is 10.8. The molecule has 0 unspecified atom stereocenters. The van der Waals surface area contributed by atoms with E-state index >= 15 is 0 Å². The molecule has 1 aromatic heterocycles. The van der Waals surface area contributed by atoms with Crippen molar-refractivity contribution in [3.05, 3.63) is 51.8 Å². The molecule has 0 spiro atoms. The summed E-state index contributed by atoms with van der Waals surface area (Å²) >= 11 is 0. The normalized spacial score (nSPS) is 10.5. The number of nitrogens with one attached hydrogen (secondary N) is 1. The standard InChI is InChI=1S/C14H18N4O2/c1-3-6-17-10-12(9-16-17)8-15-14-7-13(18(19)20)5-4-11(14)2/h4-5,7,9-10,15H,3,6,8H2,1-2H3. The largest absolute Gasteiger partial charge is 0.380 e. The molecule has 20 heavy (non-hydrogen) atoms. The number of nitrogens with zero attached hydrogens (tertiary/aromatic N) is 3. The Morgan fingerprint density at radius 2 is 2.25 bits per heavy atom. The van der Waals surface area contributed by atoms with Crippen molar-refractivity contribution in [1.82, 2.24) is 9.78 Å². The molecule has 0 aliphatic rings. The van der Waals surface area contributed by atoms with Crippen LogP contribution in [-0.4, -0.2) is 14.7 Å². The minimum atomic E-state index is -0.385. The van der Waals surface area contributed by atoms with Gasteiger partial charge in [0.25, 0.3) is 5.69 Å². The number of anilines is 1. The SMILES string of the molecule is CCCn1cc(CNc2cc([N+](=O)[O-])ccc2C)cn1. The molecule has 0 saturated heterocycles. The molecular formula is C14H18N4O2. The average molecular weight is 274 g/mol.